The quantitative estimate of drug-likeness (QED) is 0.733. The van der Waals surface area contributed by atoms with Crippen molar-refractivity contribution in [3.63, 3.8) is 0 Å². The standard InChI is InChI=1S/C19H21N3O2S/c23-18(9-12-22-10-3-4-11-22)20-13-14-7-8-16(24-14)19-21-15-5-1-2-6-17(15)25-19/h1-2,5-8H,3-4,9-13H2,(H,20,23). The van der Waals surface area contributed by atoms with E-state index in [0.29, 0.717) is 13.0 Å². The van der Waals surface area contributed by atoms with Crippen molar-refractivity contribution in [3.05, 3.63) is 42.2 Å². The predicted octanol–water partition coefficient (Wildman–Crippen LogP) is 3.66. The number of hydrogen-bond donors (Lipinski definition) is 1. The van der Waals surface area contributed by atoms with Crippen LogP contribution in [0.1, 0.15) is 25.0 Å². The Bertz CT molecular complexity index is 831. The van der Waals surface area contributed by atoms with Gasteiger partial charge in [0, 0.05) is 13.0 Å². The summed E-state index contributed by atoms with van der Waals surface area (Å²) in [7, 11) is 0. The van der Waals surface area contributed by atoms with Gasteiger partial charge >= 0.3 is 0 Å². The number of nitrogens with one attached hydrogen (secondary N) is 1. The summed E-state index contributed by atoms with van der Waals surface area (Å²) >= 11 is 1.61. The van der Waals surface area contributed by atoms with Gasteiger partial charge in [-0.3, -0.25) is 4.79 Å². The number of likely N-dealkylation sites (tertiary alicyclic amines) is 1. The Kier molecular flexibility index (Phi) is 4.81. The molecule has 1 amide bonds. The molecule has 5 nitrogen and oxygen atoms in total. The van der Waals surface area contributed by atoms with Gasteiger partial charge in [0.2, 0.25) is 5.91 Å². The number of benzene rings is 1. The van der Waals surface area contributed by atoms with Gasteiger partial charge in [-0.1, -0.05) is 12.1 Å². The molecule has 0 radical (unpaired) electrons. The molecule has 0 atom stereocenters. The molecular formula is C19H21N3O2S. The number of furan rings is 1. The van der Waals surface area contributed by atoms with Gasteiger partial charge in [-0.05, 0) is 50.2 Å². The first-order chi connectivity index (χ1) is 12.3. The number of rotatable bonds is 6. The van der Waals surface area contributed by atoms with E-state index in [1.165, 1.54) is 12.8 Å². The van der Waals surface area contributed by atoms with Crippen molar-refractivity contribution in [2.45, 2.75) is 25.8 Å². The van der Waals surface area contributed by atoms with Crippen LogP contribution in [0, 0.1) is 0 Å². The first-order valence-electron chi connectivity index (χ1n) is 8.72. The normalized spacial score (nSPS) is 15.0. The Balaban J connectivity index is 1.32. The molecule has 1 fully saturated rings. The van der Waals surface area contributed by atoms with Gasteiger partial charge in [0.25, 0.3) is 0 Å². The molecular weight excluding hydrogens is 334 g/mol. The van der Waals surface area contributed by atoms with E-state index in [1.54, 1.807) is 11.3 Å². The molecule has 0 spiro atoms. The van der Waals surface area contributed by atoms with E-state index in [1.807, 2.05) is 30.3 Å². The van der Waals surface area contributed by atoms with Gasteiger partial charge < -0.3 is 14.6 Å². The van der Waals surface area contributed by atoms with Crippen LogP contribution in [0.2, 0.25) is 0 Å². The van der Waals surface area contributed by atoms with E-state index in [9.17, 15) is 4.79 Å². The van der Waals surface area contributed by atoms with E-state index >= 15 is 0 Å². The third kappa shape index (κ3) is 3.91. The fraction of sp³-hybridized carbons (Fsp3) is 0.368. The molecule has 3 heterocycles. The highest BCUT2D eigenvalue weighted by atomic mass is 32.1. The van der Waals surface area contributed by atoms with Gasteiger partial charge in [-0.15, -0.1) is 11.3 Å². The van der Waals surface area contributed by atoms with Crippen LogP contribution < -0.4 is 5.32 Å². The lowest BCUT2D eigenvalue weighted by molar-refractivity contribution is -0.121. The number of hydrogen-bond acceptors (Lipinski definition) is 5. The van der Waals surface area contributed by atoms with Gasteiger partial charge in [-0.25, -0.2) is 4.98 Å². The second-order valence-electron chi connectivity index (χ2n) is 6.33. The minimum Gasteiger partial charge on any atom is -0.457 e. The largest absolute Gasteiger partial charge is 0.457 e. The first kappa shape index (κ1) is 16.3. The number of fused-ring (bicyclic) bond motifs is 1. The Morgan fingerprint density at radius 1 is 1.20 bits per heavy atom. The highest BCUT2D eigenvalue weighted by molar-refractivity contribution is 7.21. The molecule has 0 unspecified atom stereocenters. The van der Waals surface area contributed by atoms with Crippen LogP contribution in [-0.4, -0.2) is 35.4 Å². The highest BCUT2D eigenvalue weighted by Crippen LogP contribution is 2.31. The predicted molar refractivity (Wildman–Crippen MR) is 99.5 cm³/mol. The maximum Gasteiger partial charge on any atom is 0.221 e. The van der Waals surface area contributed by atoms with Gasteiger partial charge in [0.05, 0.1) is 16.8 Å². The summed E-state index contributed by atoms with van der Waals surface area (Å²) in [5.41, 5.74) is 0.982. The van der Waals surface area contributed by atoms with Crippen LogP contribution in [0.4, 0.5) is 0 Å². The molecule has 2 aromatic heterocycles. The Morgan fingerprint density at radius 3 is 2.88 bits per heavy atom. The van der Waals surface area contributed by atoms with Crippen molar-refractivity contribution in [1.82, 2.24) is 15.2 Å². The van der Waals surface area contributed by atoms with Crippen LogP contribution in [0.3, 0.4) is 0 Å². The minimum atomic E-state index is 0.0739. The SMILES string of the molecule is O=C(CCN1CCCC1)NCc1ccc(-c2nc3ccccc3s2)o1. The zero-order valence-corrected chi connectivity index (χ0v) is 14.8. The third-order valence-corrected chi connectivity index (χ3v) is 5.53. The highest BCUT2D eigenvalue weighted by Gasteiger charge is 2.14. The molecule has 130 valence electrons. The van der Waals surface area contributed by atoms with E-state index in [-0.39, 0.29) is 5.91 Å². The van der Waals surface area contributed by atoms with Crippen molar-refractivity contribution < 1.29 is 9.21 Å². The van der Waals surface area contributed by atoms with E-state index in [4.69, 9.17) is 4.42 Å². The number of nitrogens with zero attached hydrogens (tertiary/aromatic N) is 2. The number of para-hydroxylation sites is 1. The van der Waals surface area contributed by atoms with Crippen LogP contribution in [-0.2, 0) is 11.3 Å². The van der Waals surface area contributed by atoms with E-state index in [0.717, 1.165) is 46.4 Å². The number of amides is 1. The van der Waals surface area contributed by atoms with Crippen molar-refractivity contribution in [2.24, 2.45) is 0 Å². The lowest BCUT2D eigenvalue weighted by Gasteiger charge is -2.13. The fourth-order valence-electron chi connectivity index (χ4n) is 3.11. The molecule has 25 heavy (non-hydrogen) atoms. The van der Waals surface area contributed by atoms with E-state index < -0.39 is 0 Å². The lowest BCUT2D eigenvalue weighted by atomic mass is 10.3. The molecule has 6 heteroatoms. The Hall–Kier alpha value is -2.18. The van der Waals surface area contributed by atoms with Crippen molar-refractivity contribution in [2.75, 3.05) is 19.6 Å². The second-order valence-corrected chi connectivity index (χ2v) is 7.36. The van der Waals surface area contributed by atoms with Crippen LogP contribution in [0.5, 0.6) is 0 Å². The smallest absolute Gasteiger partial charge is 0.221 e. The number of carbonyl (C=O) groups is 1. The summed E-state index contributed by atoms with van der Waals surface area (Å²) < 4.78 is 6.99. The number of thiazole rings is 1. The summed E-state index contributed by atoms with van der Waals surface area (Å²) in [6, 6.07) is 11.9. The minimum absolute atomic E-state index is 0.0739. The van der Waals surface area contributed by atoms with Crippen LogP contribution in [0.15, 0.2) is 40.8 Å². The molecule has 1 aromatic carbocycles. The topological polar surface area (TPSA) is 58.4 Å². The summed E-state index contributed by atoms with van der Waals surface area (Å²) in [5, 5.41) is 3.81. The molecule has 1 saturated heterocycles. The summed E-state index contributed by atoms with van der Waals surface area (Å²) in [6.07, 6.45) is 3.05. The summed E-state index contributed by atoms with van der Waals surface area (Å²) in [4.78, 5) is 18.9. The summed E-state index contributed by atoms with van der Waals surface area (Å²) in [6.45, 7) is 3.51. The monoisotopic (exact) mass is 355 g/mol. The van der Waals surface area contributed by atoms with Crippen LogP contribution in [0.25, 0.3) is 21.0 Å². The van der Waals surface area contributed by atoms with Crippen molar-refractivity contribution in [3.8, 4) is 10.8 Å². The molecule has 1 N–H and O–H groups in total. The second kappa shape index (κ2) is 7.37. The number of carbonyl (C=O) groups excluding carboxylic acids is 1. The average molecular weight is 355 g/mol. The molecule has 0 aliphatic carbocycles. The molecule has 1 aliphatic heterocycles. The van der Waals surface area contributed by atoms with Gasteiger partial charge in [0.15, 0.2) is 10.8 Å². The van der Waals surface area contributed by atoms with Crippen LogP contribution >= 0.6 is 11.3 Å². The fourth-order valence-corrected chi connectivity index (χ4v) is 4.03. The van der Waals surface area contributed by atoms with Gasteiger partial charge in [0.1, 0.15) is 5.76 Å². The molecule has 0 bridgehead atoms. The Morgan fingerprint density at radius 2 is 2.04 bits per heavy atom. The third-order valence-electron chi connectivity index (χ3n) is 4.48. The zero-order valence-electron chi connectivity index (χ0n) is 14.0. The molecule has 0 saturated carbocycles. The molecule has 3 aromatic rings. The maximum atomic E-state index is 12.0. The van der Waals surface area contributed by atoms with Crippen molar-refractivity contribution in [1.29, 1.82) is 0 Å². The zero-order chi connectivity index (χ0) is 17.1. The average Bonchev–Trinajstić information content (AvgIpc) is 3.38. The van der Waals surface area contributed by atoms with Crippen molar-refractivity contribution >= 4 is 27.5 Å². The Labute approximate surface area is 150 Å². The lowest BCUT2D eigenvalue weighted by Crippen LogP contribution is -2.28. The molecule has 1 aliphatic rings. The number of aromatic nitrogens is 1. The molecule has 4 rings (SSSR count). The maximum absolute atomic E-state index is 12.0. The van der Waals surface area contributed by atoms with E-state index in [2.05, 4.69) is 21.3 Å². The first-order valence-corrected chi connectivity index (χ1v) is 9.53. The van der Waals surface area contributed by atoms with Gasteiger partial charge in [-0.2, -0.15) is 0 Å². The summed E-state index contributed by atoms with van der Waals surface area (Å²) in [5.74, 6) is 1.58.